The van der Waals surface area contributed by atoms with Gasteiger partial charge in [0.05, 0.1) is 0 Å². The fourth-order valence-corrected chi connectivity index (χ4v) is 4.01. The van der Waals surface area contributed by atoms with Crippen LogP contribution >= 0.6 is 11.8 Å². The van der Waals surface area contributed by atoms with Crippen molar-refractivity contribution in [2.45, 2.75) is 31.9 Å². The van der Waals surface area contributed by atoms with Crippen molar-refractivity contribution in [3.8, 4) is 11.5 Å². The van der Waals surface area contributed by atoms with Crippen molar-refractivity contribution in [3.63, 3.8) is 0 Å². The van der Waals surface area contributed by atoms with Crippen LogP contribution in [0.4, 0.5) is 0 Å². The summed E-state index contributed by atoms with van der Waals surface area (Å²) in [7, 11) is 0. The summed E-state index contributed by atoms with van der Waals surface area (Å²) in [6, 6.07) is 6.24. The Kier molecular flexibility index (Phi) is 4.33. The standard InChI is InChI=1S/C18H22N4OS/c1-12-13(2)19-16-6-5-14(11-15(12)16)17-20-21-18(23-17)24-10-9-22-7-3-4-8-22/h5-6,11,19H,3-4,7-10H2,1-2H3. The molecule has 0 bridgehead atoms. The van der Waals surface area contributed by atoms with E-state index in [0.717, 1.165) is 23.4 Å². The second kappa shape index (κ2) is 6.61. The van der Waals surface area contributed by atoms with Crippen molar-refractivity contribution in [2.24, 2.45) is 0 Å². The van der Waals surface area contributed by atoms with E-state index in [-0.39, 0.29) is 0 Å². The van der Waals surface area contributed by atoms with Gasteiger partial charge in [0.1, 0.15) is 0 Å². The van der Waals surface area contributed by atoms with Crippen LogP contribution < -0.4 is 0 Å². The summed E-state index contributed by atoms with van der Waals surface area (Å²) in [6.07, 6.45) is 2.66. The Bertz CT molecular complexity index is 848. The third kappa shape index (κ3) is 3.08. The first-order chi connectivity index (χ1) is 11.7. The van der Waals surface area contributed by atoms with Crippen LogP contribution in [-0.2, 0) is 0 Å². The van der Waals surface area contributed by atoms with Gasteiger partial charge in [-0.2, -0.15) is 0 Å². The molecule has 0 amide bonds. The summed E-state index contributed by atoms with van der Waals surface area (Å²) in [4.78, 5) is 5.89. The van der Waals surface area contributed by atoms with E-state index in [0.29, 0.717) is 11.1 Å². The lowest BCUT2D eigenvalue weighted by atomic mass is 10.1. The molecule has 2 aromatic heterocycles. The van der Waals surface area contributed by atoms with E-state index in [1.807, 2.05) is 6.07 Å². The zero-order chi connectivity index (χ0) is 16.5. The van der Waals surface area contributed by atoms with Gasteiger partial charge in [0.15, 0.2) is 0 Å². The van der Waals surface area contributed by atoms with Gasteiger partial charge in [-0.1, -0.05) is 11.8 Å². The van der Waals surface area contributed by atoms with Crippen molar-refractivity contribution >= 4 is 22.7 Å². The molecule has 1 N–H and O–H groups in total. The molecule has 126 valence electrons. The number of benzene rings is 1. The molecule has 1 fully saturated rings. The SMILES string of the molecule is Cc1[nH]c2ccc(-c3nnc(SCCN4CCCC4)o3)cc2c1C. The summed E-state index contributed by atoms with van der Waals surface area (Å²) in [5.41, 5.74) is 4.59. The van der Waals surface area contributed by atoms with Crippen LogP contribution in [0, 0.1) is 13.8 Å². The van der Waals surface area contributed by atoms with Crippen LogP contribution in [0.5, 0.6) is 0 Å². The van der Waals surface area contributed by atoms with Gasteiger partial charge >= 0.3 is 0 Å². The van der Waals surface area contributed by atoms with Crippen molar-refractivity contribution in [2.75, 3.05) is 25.4 Å². The highest BCUT2D eigenvalue weighted by Crippen LogP contribution is 2.28. The number of aromatic amines is 1. The van der Waals surface area contributed by atoms with Gasteiger partial charge in [0.25, 0.3) is 5.22 Å². The Labute approximate surface area is 145 Å². The third-order valence-electron chi connectivity index (χ3n) is 4.79. The lowest BCUT2D eigenvalue weighted by molar-refractivity contribution is 0.361. The first kappa shape index (κ1) is 15.7. The van der Waals surface area contributed by atoms with E-state index in [1.54, 1.807) is 11.8 Å². The summed E-state index contributed by atoms with van der Waals surface area (Å²) in [6.45, 7) is 7.77. The maximum atomic E-state index is 5.84. The number of aromatic nitrogens is 3. The average Bonchev–Trinajstić information content (AvgIpc) is 3.30. The van der Waals surface area contributed by atoms with E-state index in [9.17, 15) is 0 Å². The number of nitrogens with zero attached hydrogens (tertiary/aromatic N) is 3. The molecule has 5 nitrogen and oxygen atoms in total. The monoisotopic (exact) mass is 342 g/mol. The van der Waals surface area contributed by atoms with E-state index < -0.39 is 0 Å². The number of H-pyrrole nitrogens is 1. The zero-order valence-electron chi connectivity index (χ0n) is 14.1. The molecule has 1 aromatic carbocycles. The topological polar surface area (TPSA) is 58.0 Å². The summed E-state index contributed by atoms with van der Waals surface area (Å²) < 4.78 is 5.84. The maximum absolute atomic E-state index is 5.84. The smallest absolute Gasteiger partial charge is 0.276 e. The van der Waals surface area contributed by atoms with Crippen LogP contribution in [0.2, 0.25) is 0 Å². The number of fused-ring (bicyclic) bond motifs is 1. The lowest BCUT2D eigenvalue weighted by Gasteiger charge is -2.12. The first-order valence-corrected chi connectivity index (χ1v) is 9.47. The number of rotatable bonds is 5. The Morgan fingerprint density at radius 2 is 2.04 bits per heavy atom. The average molecular weight is 342 g/mol. The number of aryl methyl sites for hydroxylation is 2. The molecule has 1 aliphatic heterocycles. The number of thioether (sulfide) groups is 1. The zero-order valence-corrected chi connectivity index (χ0v) is 14.9. The van der Waals surface area contributed by atoms with Crippen LogP contribution in [-0.4, -0.2) is 45.5 Å². The van der Waals surface area contributed by atoms with E-state index in [2.05, 4.69) is 46.1 Å². The Balaban J connectivity index is 1.46. The molecule has 0 saturated carbocycles. The first-order valence-electron chi connectivity index (χ1n) is 8.48. The minimum atomic E-state index is 0.596. The highest BCUT2D eigenvalue weighted by Gasteiger charge is 2.14. The van der Waals surface area contributed by atoms with Crippen LogP contribution in [0.3, 0.4) is 0 Å². The van der Waals surface area contributed by atoms with Gasteiger partial charge in [0, 0.05) is 34.5 Å². The third-order valence-corrected chi connectivity index (χ3v) is 5.59. The minimum Gasteiger partial charge on any atom is -0.411 e. The Hall–Kier alpha value is -1.79. The summed E-state index contributed by atoms with van der Waals surface area (Å²) in [5.74, 6) is 1.59. The van der Waals surface area contributed by atoms with Gasteiger partial charge in [-0.05, 0) is 63.5 Å². The van der Waals surface area contributed by atoms with Gasteiger partial charge in [0.2, 0.25) is 5.89 Å². The van der Waals surface area contributed by atoms with Crippen molar-refractivity contribution < 1.29 is 4.42 Å². The molecule has 4 rings (SSSR count). The van der Waals surface area contributed by atoms with E-state index >= 15 is 0 Å². The molecule has 0 radical (unpaired) electrons. The van der Waals surface area contributed by atoms with E-state index in [1.165, 1.54) is 42.6 Å². The molecule has 3 aromatic rings. The summed E-state index contributed by atoms with van der Waals surface area (Å²) in [5, 5.41) is 10.3. The predicted octanol–water partition coefficient (Wildman–Crippen LogP) is 4.02. The normalized spacial score (nSPS) is 15.6. The molecule has 0 unspecified atom stereocenters. The molecular weight excluding hydrogens is 320 g/mol. The predicted molar refractivity (Wildman–Crippen MR) is 97.5 cm³/mol. The Morgan fingerprint density at radius 1 is 1.21 bits per heavy atom. The number of hydrogen-bond acceptors (Lipinski definition) is 5. The van der Waals surface area contributed by atoms with Crippen molar-refractivity contribution in [1.82, 2.24) is 20.1 Å². The molecule has 1 saturated heterocycles. The molecule has 0 aliphatic carbocycles. The van der Waals surface area contributed by atoms with Gasteiger partial charge < -0.3 is 14.3 Å². The fraction of sp³-hybridized carbons (Fsp3) is 0.444. The minimum absolute atomic E-state index is 0.596. The van der Waals surface area contributed by atoms with Gasteiger partial charge in [-0.15, -0.1) is 10.2 Å². The Morgan fingerprint density at radius 3 is 2.88 bits per heavy atom. The van der Waals surface area contributed by atoms with Crippen LogP contribution in [0.1, 0.15) is 24.1 Å². The molecular formula is C18H22N4OS. The fourth-order valence-electron chi connectivity index (χ4n) is 3.25. The largest absolute Gasteiger partial charge is 0.411 e. The van der Waals surface area contributed by atoms with Gasteiger partial charge in [-0.3, -0.25) is 0 Å². The highest BCUT2D eigenvalue weighted by molar-refractivity contribution is 7.99. The maximum Gasteiger partial charge on any atom is 0.276 e. The number of hydrogen-bond donors (Lipinski definition) is 1. The molecule has 0 atom stereocenters. The molecule has 1 aliphatic rings. The molecule has 0 spiro atoms. The highest BCUT2D eigenvalue weighted by atomic mass is 32.2. The summed E-state index contributed by atoms with van der Waals surface area (Å²) >= 11 is 1.65. The molecule has 3 heterocycles. The van der Waals surface area contributed by atoms with Crippen LogP contribution in [0.15, 0.2) is 27.8 Å². The second-order valence-corrected chi connectivity index (χ2v) is 7.45. The van der Waals surface area contributed by atoms with Crippen LogP contribution in [0.25, 0.3) is 22.4 Å². The van der Waals surface area contributed by atoms with E-state index in [4.69, 9.17) is 4.42 Å². The number of likely N-dealkylation sites (tertiary alicyclic amines) is 1. The van der Waals surface area contributed by atoms with Crippen molar-refractivity contribution in [1.29, 1.82) is 0 Å². The molecule has 6 heteroatoms. The van der Waals surface area contributed by atoms with Gasteiger partial charge in [-0.25, -0.2) is 0 Å². The lowest BCUT2D eigenvalue weighted by Crippen LogP contribution is -2.21. The second-order valence-electron chi connectivity index (χ2n) is 6.41. The number of nitrogens with one attached hydrogen (secondary N) is 1. The quantitative estimate of drug-likeness (QED) is 0.710. The van der Waals surface area contributed by atoms with Crippen molar-refractivity contribution in [3.05, 3.63) is 29.5 Å². The molecule has 24 heavy (non-hydrogen) atoms.